The zero-order chi connectivity index (χ0) is 12.5. The Morgan fingerprint density at radius 1 is 1.24 bits per heavy atom. The molecule has 0 saturated carbocycles. The van der Waals surface area contributed by atoms with Gasteiger partial charge in [-0.1, -0.05) is 39.8 Å². The van der Waals surface area contributed by atoms with Crippen molar-refractivity contribution in [2.24, 2.45) is 5.92 Å². The van der Waals surface area contributed by atoms with Gasteiger partial charge in [-0.05, 0) is 23.1 Å². The molecule has 0 unspecified atom stereocenters. The highest BCUT2D eigenvalue weighted by Crippen LogP contribution is 2.34. The van der Waals surface area contributed by atoms with Crippen LogP contribution in [0.4, 0.5) is 0 Å². The molecule has 0 spiro atoms. The van der Waals surface area contributed by atoms with E-state index in [2.05, 4.69) is 56.9 Å². The standard InChI is InChI=1S/C14H21NOSi/c1-10(2)14(3,4)17-16-12-7-5-6-11-8-9-15-13(11)12/h5-10,15H,17H2,1-4H3. The first-order chi connectivity index (χ1) is 8.00. The minimum Gasteiger partial charge on any atom is -0.547 e. The van der Waals surface area contributed by atoms with Gasteiger partial charge in [0.1, 0.15) is 5.75 Å². The van der Waals surface area contributed by atoms with E-state index in [0.29, 0.717) is 11.0 Å². The highest BCUT2D eigenvalue weighted by molar-refractivity contribution is 6.33. The minimum absolute atomic E-state index is 0.328. The van der Waals surface area contributed by atoms with Gasteiger partial charge in [-0.25, -0.2) is 0 Å². The molecule has 2 nitrogen and oxygen atoms in total. The molecular weight excluding hydrogens is 226 g/mol. The fraction of sp³-hybridized carbons (Fsp3) is 0.429. The Labute approximate surface area is 105 Å². The third-order valence-corrected chi connectivity index (χ3v) is 5.73. The van der Waals surface area contributed by atoms with E-state index in [1.54, 1.807) is 0 Å². The van der Waals surface area contributed by atoms with Gasteiger partial charge in [-0.2, -0.15) is 0 Å². The van der Waals surface area contributed by atoms with Gasteiger partial charge in [0.2, 0.25) is 9.76 Å². The molecule has 0 atom stereocenters. The molecule has 0 bridgehead atoms. The lowest BCUT2D eigenvalue weighted by Gasteiger charge is -2.28. The van der Waals surface area contributed by atoms with E-state index in [1.807, 2.05) is 6.20 Å². The number of aromatic nitrogens is 1. The number of hydrogen-bond acceptors (Lipinski definition) is 1. The molecule has 17 heavy (non-hydrogen) atoms. The lowest BCUT2D eigenvalue weighted by Crippen LogP contribution is -2.24. The van der Waals surface area contributed by atoms with Crippen LogP contribution in [0.5, 0.6) is 5.75 Å². The topological polar surface area (TPSA) is 25.0 Å². The molecule has 1 aromatic carbocycles. The van der Waals surface area contributed by atoms with Gasteiger partial charge in [0.25, 0.3) is 0 Å². The molecule has 2 aromatic rings. The van der Waals surface area contributed by atoms with Gasteiger partial charge >= 0.3 is 0 Å². The molecule has 92 valence electrons. The quantitative estimate of drug-likeness (QED) is 0.822. The van der Waals surface area contributed by atoms with E-state index in [-0.39, 0.29) is 0 Å². The number of nitrogens with one attached hydrogen (secondary N) is 1. The second-order valence-corrected chi connectivity index (χ2v) is 8.03. The summed E-state index contributed by atoms with van der Waals surface area (Å²) >= 11 is 0. The average molecular weight is 247 g/mol. The Kier molecular flexibility index (Phi) is 3.29. The molecule has 3 heteroatoms. The van der Waals surface area contributed by atoms with Gasteiger partial charge in [0, 0.05) is 11.6 Å². The second-order valence-electron chi connectivity index (χ2n) is 5.63. The zero-order valence-electron chi connectivity index (χ0n) is 11.1. The molecule has 2 rings (SSSR count). The van der Waals surface area contributed by atoms with Crippen molar-refractivity contribution in [3.63, 3.8) is 0 Å². The summed E-state index contributed by atoms with van der Waals surface area (Å²) in [5.74, 6) is 1.67. The molecule has 0 aliphatic heterocycles. The third kappa shape index (κ3) is 2.55. The Morgan fingerprint density at radius 2 is 2.00 bits per heavy atom. The van der Waals surface area contributed by atoms with E-state index in [4.69, 9.17) is 4.43 Å². The summed E-state index contributed by atoms with van der Waals surface area (Å²) in [4.78, 5) is 3.25. The summed E-state index contributed by atoms with van der Waals surface area (Å²) in [5.41, 5.74) is 1.12. The summed E-state index contributed by atoms with van der Waals surface area (Å²) < 4.78 is 6.11. The Morgan fingerprint density at radius 3 is 2.71 bits per heavy atom. The first-order valence-electron chi connectivity index (χ1n) is 6.19. The fourth-order valence-electron chi connectivity index (χ4n) is 1.61. The summed E-state index contributed by atoms with van der Waals surface area (Å²) in [7, 11) is -0.593. The van der Waals surface area contributed by atoms with Crippen LogP contribution in [0.3, 0.4) is 0 Å². The van der Waals surface area contributed by atoms with Crippen molar-refractivity contribution >= 4 is 20.7 Å². The number of rotatable bonds is 4. The zero-order valence-corrected chi connectivity index (χ0v) is 12.5. The number of H-pyrrole nitrogens is 1. The predicted molar refractivity (Wildman–Crippen MR) is 76.3 cm³/mol. The van der Waals surface area contributed by atoms with Crippen molar-refractivity contribution in [2.75, 3.05) is 0 Å². The largest absolute Gasteiger partial charge is 0.547 e. The van der Waals surface area contributed by atoms with Gasteiger partial charge in [-0.15, -0.1) is 0 Å². The van der Waals surface area contributed by atoms with E-state index < -0.39 is 9.76 Å². The lowest BCUT2D eigenvalue weighted by atomic mass is 9.99. The molecule has 1 N–H and O–H groups in total. The first-order valence-corrected chi connectivity index (χ1v) is 7.48. The van der Waals surface area contributed by atoms with E-state index >= 15 is 0 Å². The van der Waals surface area contributed by atoms with Crippen molar-refractivity contribution in [3.8, 4) is 5.75 Å². The van der Waals surface area contributed by atoms with Crippen LogP contribution in [0.2, 0.25) is 5.04 Å². The van der Waals surface area contributed by atoms with Crippen LogP contribution in [-0.2, 0) is 0 Å². The monoisotopic (exact) mass is 247 g/mol. The summed E-state index contributed by atoms with van der Waals surface area (Å²) in [5, 5.41) is 1.55. The van der Waals surface area contributed by atoms with Gasteiger partial charge < -0.3 is 9.41 Å². The normalized spacial score (nSPS) is 13.0. The van der Waals surface area contributed by atoms with E-state index in [1.165, 1.54) is 5.39 Å². The van der Waals surface area contributed by atoms with Crippen molar-refractivity contribution in [2.45, 2.75) is 32.7 Å². The van der Waals surface area contributed by atoms with Crippen LogP contribution in [0.15, 0.2) is 30.5 Å². The van der Waals surface area contributed by atoms with Crippen molar-refractivity contribution in [1.29, 1.82) is 0 Å². The SMILES string of the molecule is CC(C)C(C)(C)[SiH2]Oc1cccc2cc[nH]c12. The average Bonchev–Trinajstić information content (AvgIpc) is 2.74. The molecule has 0 fully saturated rings. The van der Waals surface area contributed by atoms with Crippen molar-refractivity contribution < 1.29 is 4.43 Å². The Balaban J connectivity index is 2.17. The molecule has 1 aromatic heterocycles. The molecule has 0 aliphatic rings. The van der Waals surface area contributed by atoms with Gasteiger partial charge in [-0.3, -0.25) is 0 Å². The highest BCUT2D eigenvalue weighted by Gasteiger charge is 2.24. The van der Waals surface area contributed by atoms with Crippen LogP contribution in [-0.4, -0.2) is 14.7 Å². The summed E-state index contributed by atoms with van der Waals surface area (Å²) in [6.07, 6.45) is 1.96. The molecule has 0 saturated heterocycles. The Bertz CT molecular complexity index is 502. The number of hydrogen-bond donors (Lipinski definition) is 1. The molecule has 0 radical (unpaired) electrons. The van der Waals surface area contributed by atoms with Crippen molar-refractivity contribution in [3.05, 3.63) is 30.5 Å². The van der Waals surface area contributed by atoms with Crippen LogP contribution in [0, 0.1) is 5.92 Å². The minimum atomic E-state index is -0.593. The highest BCUT2D eigenvalue weighted by atomic mass is 28.2. The van der Waals surface area contributed by atoms with Crippen LogP contribution in [0.25, 0.3) is 10.9 Å². The molecule has 0 amide bonds. The smallest absolute Gasteiger partial charge is 0.225 e. The lowest BCUT2D eigenvalue weighted by molar-refractivity contribution is 0.429. The maximum Gasteiger partial charge on any atom is 0.225 e. The summed E-state index contributed by atoms with van der Waals surface area (Å²) in [6.45, 7) is 9.15. The number of para-hydroxylation sites is 1. The van der Waals surface area contributed by atoms with Crippen LogP contribution in [0.1, 0.15) is 27.7 Å². The van der Waals surface area contributed by atoms with Crippen LogP contribution < -0.4 is 4.43 Å². The van der Waals surface area contributed by atoms with E-state index in [0.717, 1.165) is 11.3 Å². The number of aromatic amines is 1. The fourth-order valence-corrected chi connectivity index (χ4v) is 2.71. The molecule has 1 heterocycles. The second kappa shape index (κ2) is 4.57. The first kappa shape index (κ1) is 12.2. The Hall–Kier alpha value is -1.22. The van der Waals surface area contributed by atoms with Crippen molar-refractivity contribution in [1.82, 2.24) is 4.98 Å². The van der Waals surface area contributed by atoms with Crippen LogP contribution >= 0.6 is 0 Å². The number of benzene rings is 1. The molecule has 0 aliphatic carbocycles. The molecular formula is C14H21NOSi. The van der Waals surface area contributed by atoms with Gasteiger partial charge in [0.05, 0.1) is 5.52 Å². The van der Waals surface area contributed by atoms with E-state index in [9.17, 15) is 0 Å². The summed E-state index contributed by atoms with van der Waals surface area (Å²) in [6, 6.07) is 8.30. The van der Waals surface area contributed by atoms with Gasteiger partial charge in [0.15, 0.2) is 0 Å². The maximum absolute atomic E-state index is 6.11. The third-order valence-electron chi connectivity index (χ3n) is 3.71. The predicted octanol–water partition coefficient (Wildman–Crippen LogP) is 3.49. The number of fused-ring (bicyclic) bond motifs is 1. The maximum atomic E-state index is 6.11.